The maximum atomic E-state index is 12.6. The quantitative estimate of drug-likeness (QED) is 0.0234. The molecule has 57 heavy (non-hydrogen) atoms. The van der Waals surface area contributed by atoms with E-state index in [1.165, 1.54) is 128 Å². The molecule has 0 aliphatic rings. The molecule has 0 aromatic carbocycles. The second-order valence-corrected chi connectivity index (χ2v) is 17.2. The minimum Gasteiger partial charge on any atom is -0.462 e. The van der Waals surface area contributed by atoms with E-state index >= 15 is 0 Å². The molecule has 336 valence electrons. The summed E-state index contributed by atoms with van der Waals surface area (Å²) in [4.78, 5) is 35.1. The van der Waals surface area contributed by atoms with Crippen molar-refractivity contribution in [3.63, 3.8) is 0 Å². The Balaban J connectivity index is 4.25. The van der Waals surface area contributed by atoms with Gasteiger partial charge in [0.05, 0.1) is 19.8 Å². The van der Waals surface area contributed by atoms with E-state index < -0.39 is 51.8 Å². The number of carbonyl (C=O) groups is 2. The molecule has 0 rings (SSSR count). The van der Waals surface area contributed by atoms with E-state index in [1.54, 1.807) is 0 Å². The molecule has 0 aliphatic heterocycles. The Kier molecular flexibility index (Phi) is 41.4. The number of aliphatic hydroxyl groups is 2. The van der Waals surface area contributed by atoms with Crippen molar-refractivity contribution >= 4 is 19.8 Å². The molecule has 11 heteroatoms. The van der Waals surface area contributed by atoms with E-state index in [-0.39, 0.29) is 19.4 Å². The molecule has 0 aromatic rings. The number of unbranched alkanes of at least 4 members (excludes halogenated alkanes) is 26. The number of rotatable bonds is 44. The van der Waals surface area contributed by atoms with Crippen LogP contribution in [0.4, 0.5) is 0 Å². The summed E-state index contributed by atoms with van der Waals surface area (Å²) in [6, 6.07) is 0. The lowest BCUT2D eigenvalue weighted by molar-refractivity contribution is -0.161. The monoisotopic (exact) mass is 831 g/mol. The highest BCUT2D eigenvalue weighted by molar-refractivity contribution is 7.47. The van der Waals surface area contributed by atoms with Gasteiger partial charge in [-0.25, -0.2) is 4.57 Å². The second-order valence-electron chi connectivity index (χ2n) is 15.8. The average Bonchev–Trinajstić information content (AvgIpc) is 3.20. The number of allylic oxidation sites excluding steroid dienone is 4. The predicted molar refractivity (Wildman–Crippen MR) is 233 cm³/mol. The van der Waals surface area contributed by atoms with Gasteiger partial charge in [-0.1, -0.05) is 167 Å². The van der Waals surface area contributed by atoms with Crippen molar-refractivity contribution in [1.29, 1.82) is 0 Å². The van der Waals surface area contributed by atoms with Crippen LogP contribution in [0.25, 0.3) is 0 Å². The van der Waals surface area contributed by atoms with Gasteiger partial charge in [-0.05, 0) is 64.2 Å². The molecule has 0 saturated carbocycles. The highest BCUT2D eigenvalue weighted by atomic mass is 31.2. The third kappa shape index (κ3) is 42.4. The first kappa shape index (κ1) is 55.5. The lowest BCUT2D eigenvalue weighted by Gasteiger charge is -2.20. The van der Waals surface area contributed by atoms with E-state index in [0.29, 0.717) is 12.8 Å². The fourth-order valence-corrected chi connectivity index (χ4v) is 7.24. The summed E-state index contributed by atoms with van der Waals surface area (Å²) in [5.41, 5.74) is 0. The molecule has 0 saturated heterocycles. The maximum Gasteiger partial charge on any atom is 0.472 e. The standard InChI is InChI=1S/C46H87O10P/c1-3-5-7-9-11-13-15-17-19-21-23-25-27-29-31-33-35-37-45(49)53-41-44(42-55-57(51,52)54-40-43(48)39-47)56-46(50)38-36-34-32-30-28-26-24-22-20-18-16-14-12-10-8-6-4-2/h17-20,43-44,47-48H,3-16,21-42H2,1-2H3,(H,51,52)/b19-17-,20-18-. The molecule has 3 N–H and O–H groups in total. The van der Waals surface area contributed by atoms with Crippen molar-refractivity contribution < 1.29 is 47.8 Å². The van der Waals surface area contributed by atoms with Crippen LogP contribution in [-0.2, 0) is 32.7 Å². The van der Waals surface area contributed by atoms with Crippen molar-refractivity contribution in [1.82, 2.24) is 0 Å². The van der Waals surface area contributed by atoms with Crippen molar-refractivity contribution in [3.8, 4) is 0 Å². The van der Waals surface area contributed by atoms with Crippen LogP contribution in [-0.4, -0.2) is 65.7 Å². The number of phosphoric acid groups is 1. The molecule has 0 radical (unpaired) electrons. The van der Waals surface area contributed by atoms with Crippen LogP contribution < -0.4 is 0 Å². The lowest BCUT2D eigenvalue weighted by Crippen LogP contribution is -2.29. The number of aliphatic hydroxyl groups excluding tert-OH is 2. The van der Waals surface area contributed by atoms with Crippen molar-refractivity contribution in [3.05, 3.63) is 24.3 Å². The Morgan fingerprint density at radius 3 is 1.26 bits per heavy atom. The zero-order valence-corrected chi connectivity index (χ0v) is 37.5. The third-order valence-electron chi connectivity index (χ3n) is 10.1. The topological polar surface area (TPSA) is 149 Å². The van der Waals surface area contributed by atoms with Crippen molar-refractivity contribution in [2.75, 3.05) is 26.4 Å². The first-order valence-corrected chi connectivity index (χ1v) is 24.8. The zero-order valence-electron chi connectivity index (χ0n) is 36.6. The summed E-state index contributed by atoms with van der Waals surface area (Å²) in [5.74, 6) is -0.927. The number of ether oxygens (including phenoxy) is 2. The summed E-state index contributed by atoms with van der Waals surface area (Å²) in [5, 5.41) is 18.4. The minimum atomic E-state index is -4.62. The van der Waals surface area contributed by atoms with Gasteiger partial charge in [0, 0.05) is 12.8 Å². The minimum absolute atomic E-state index is 0.180. The Hall–Kier alpha value is -1.55. The Morgan fingerprint density at radius 2 is 0.860 bits per heavy atom. The molecule has 0 spiro atoms. The number of esters is 2. The average molecular weight is 831 g/mol. The van der Waals surface area contributed by atoms with Gasteiger partial charge in [0.1, 0.15) is 12.7 Å². The summed E-state index contributed by atoms with van der Waals surface area (Å²) in [7, 11) is -4.62. The maximum absolute atomic E-state index is 12.6. The summed E-state index contributed by atoms with van der Waals surface area (Å²) in [6.07, 6.45) is 42.8. The SMILES string of the molecule is CCCCCCCC/C=C\CCCCCCCCCC(=O)OCC(COP(=O)(O)OCC(O)CO)OC(=O)CCCCCCCCC/C=C\CCCCCCCC. The number of hydrogen-bond acceptors (Lipinski definition) is 9. The number of carbonyl (C=O) groups excluding carboxylic acids is 2. The lowest BCUT2D eigenvalue weighted by atomic mass is 10.1. The van der Waals surface area contributed by atoms with Crippen LogP contribution in [0.1, 0.15) is 219 Å². The van der Waals surface area contributed by atoms with Crippen molar-refractivity contribution in [2.24, 2.45) is 0 Å². The van der Waals surface area contributed by atoms with Crippen LogP contribution in [0.3, 0.4) is 0 Å². The molecule has 3 unspecified atom stereocenters. The van der Waals surface area contributed by atoms with E-state index in [2.05, 4.69) is 38.2 Å². The van der Waals surface area contributed by atoms with E-state index in [9.17, 15) is 24.2 Å². The van der Waals surface area contributed by atoms with Gasteiger partial charge < -0.3 is 24.6 Å². The number of hydrogen-bond donors (Lipinski definition) is 3. The van der Waals surface area contributed by atoms with E-state index in [0.717, 1.165) is 51.4 Å². The third-order valence-corrected chi connectivity index (χ3v) is 11.0. The smallest absolute Gasteiger partial charge is 0.462 e. The fourth-order valence-electron chi connectivity index (χ4n) is 6.45. The van der Waals surface area contributed by atoms with Crippen LogP contribution in [0.5, 0.6) is 0 Å². The Labute approximate surface area is 348 Å². The van der Waals surface area contributed by atoms with Crippen LogP contribution in [0, 0.1) is 0 Å². The Bertz CT molecular complexity index is 1000. The van der Waals surface area contributed by atoms with Gasteiger partial charge in [-0.15, -0.1) is 0 Å². The van der Waals surface area contributed by atoms with Crippen LogP contribution >= 0.6 is 7.82 Å². The molecule has 0 fully saturated rings. The molecule has 0 amide bonds. The predicted octanol–water partition coefficient (Wildman–Crippen LogP) is 12.6. The summed E-state index contributed by atoms with van der Waals surface area (Å²) >= 11 is 0. The second kappa shape index (κ2) is 42.6. The van der Waals surface area contributed by atoms with Gasteiger partial charge in [0.25, 0.3) is 0 Å². The molecular formula is C46H87O10P. The molecule has 0 bridgehead atoms. The Morgan fingerprint density at radius 1 is 0.509 bits per heavy atom. The van der Waals surface area contributed by atoms with Crippen LogP contribution in [0.15, 0.2) is 24.3 Å². The summed E-state index contributed by atoms with van der Waals surface area (Å²) in [6.45, 7) is 2.39. The summed E-state index contributed by atoms with van der Waals surface area (Å²) < 4.78 is 32.8. The van der Waals surface area contributed by atoms with Gasteiger partial charge in [0.2, 0.25) is 0 Å². The zero-order chi connectivity index (χ0) is 41.9. The van der Waals surface area contributed by atoms with E-state index in [4.69, 9.17) is 23.6 Å². The largest absolute Gasteiger partial charge is 0.472 e. The van der Waals surface area contributed by atoms with Gasteiger partial charge >= 0.3 is 19.8 Å². The molecule has 0 aliphatic carbocycles. The van der Waals surface area contributed by atoms with Gasteiger partial charge in [-0.3, -0.25) is 18.6 Å². The molecule has 0 heterocycles. The van der Waals surface area contributed by atoms with Gasteiger partial charge in [-0.2, -0.15) is 0 Å². The first-order chi connectivity index (χ1) is 27.7. The molecule has 10 nitrogen and oxygen atoms in total. The fraction of sp³-hybridized carbons (Fsp3) is 0.870. The molecule has 3 atom stereocenters. The van der Waals surface area contributed by atoms with Crippen LogP contribution in [0.2, 0.25) is 0 Å². The highest BCUT2D eigenvalue weighted by Crippen LogP contribution is 2.43. The highest BCUT2D eigenvalue weighted by Gasteiger charge is 2.27. The number of phosphoric ester groups is 1. The van der Waals surface area contributed by atoms with Crippen molar-refractivity contribution in [2.45, 2.75) is 232 Å². The normalized spacial score (nSPS) is 14.0. The van der Waals surface area contributed by atoms with E-state index in [1.807, 2.05) is 0 Å². The first-order valence-electron chi connectivity index (χ1n) is 23.3. The molecular weight excluding hydrogens is 743 g/mol. The molecule has 0 aromatic heterocycles. The van der Waals surface area contributed by atoms with Gasteiger partial charge in [0.15, 0.2) is 6.10 Å².